The van der Waals surface area contributed by atoms with E-state index in [1.165, 1.54) is 33.5 Å². The van der Waals surface area contributed by atoms with Crippen molar-refractivity contribution in [1.82, 2.24) is 4.98 Å². The molecular weight excluding hydrogens is 611 g/mol. The molecule has 0 N–H and O–H groups in total. The summed E-state index contributed by atoms with van der Waals surface area (Å²) in [6.07, 6.45) is 0. The number of fused-ring (bicyclic) bond motifs is 4. The molecule has 0 spiro atoms. The minimum Gasteiger partial charge on any atom is -0.657 e. The van der Waals surface area contributed by atoms with Crippen LogP contribution >= 0.6 is 0 Å². The summed E-state index contributed by atoms with van der Waals surface area (Å²) in [7, 11) is 0. The Morgan fingerprint density at radius 1 is 0.429 bits per heavy atom. The summed E-state index contributed by atoms with van der Waals surface area (Å²) in [6, 6.07) is 45.8. The first-order valence-corrected chi connectivity index (χ1v) is 11.4. The van der Waals surface area contributed by atoms with Gasteiger partial charge in [0.15, 0.2) is 0 Å². The molecule has 0 saturated heterocycles. The van der Waals surface area contributed by atoms with Crippen molar-refractivity contribution in [2.24, 2.45) is 0 Å². The number of hydrogen-bond acceptors (Lipinski definition) is 2. The van der Waals surface area contributed by atoms with Crippen LogP contribution in [0.25, 0.3) is 21.8 Å². The summed E-state index contributed by atoms with van der Waals surface area (Å²) in [5, 5.41) is 2.50. The summed E-state index contributed by atoms with van der Waals surface area (Å²) in [4.78, 5) is 8.96. The first-order chi connectivity index (χ1) is 16.9. The largest absolute Gasteiger partial charge is 0.657 e. The Labute approximate surface area is 221 Å². The summed E-state index contributed by atoms with van der Waals surface area (Å²) >= 11 is 0. The molecule has 1 radical (unpaired) electrons. The van der Waals surface area contributed by atoms with Crippen molar-refractivity contribution in [2.45, 2.75) is 0 Å². The summed E-state index contributed by atoms with van der Waals surface area (Å²) in [5.41, 5.74) is 6.92. The number of rotatable bonds is 2. The Morgan fingerprint density at radius 2 is 0.800 bits per heavy atom. The predicted molar refractivity (Wildman–Crippen MR) is 143 cm³/mol. The zero-order chi connectivity index (χ0) is 22.7. The number of nitrogens with zero attached hydrogens (tertiary/aromatic N) is 3. The van der Waals surface area contributed by atoms with Gasteiger partial charge in [0.25, 0.3) is 0 Å². The quantitative estimate of drug-likeness (QED) is 0.142. The Bertz CT molecular complexity index is 1430. The Hall–Kier alpha value is -3.76. The number of aromatic nitrogens is 1. The summed E-state index contributed by atoms with van der Waals surface area (Å²) in [6.45, 7) is 2.15. The molecule has 0 saturated carbocycles. The van der Waals surface area contributed by atoms with Crippen LogP contribution in [0, 0.1) is 6.67 Å². The minimum atomic E-state index is 0. The average molecular weight is 635 g/mol. The van der Waals surface area contributed by atoms with Crippen LogP contribution in [0.3, 0.4) is 0 Å². The van der Waals surface area contributed by atoms with E-state index in [1.54, 1.807) is 0 Å². The van der Waals surface area contributed by atoms with E-state index < -0.39 is 0 Å². The second-order valence-electron chi connectivity index (χ2n) is 8.16. The van der Waals surface area contributed by atoms with Gasteiger partial charge in [-0.3, -0.25) is 0 Å². The molecule has 3 nitrogen and oxygen atoms in total. The summed E-state index contributed by atoms with van der Waals surface area (Å²) < 4.78 is 0. The third kappa shape index (κ3) is 4.50. The van der Waals surface area contributed by atoms with Crippen LogP contribution in [0.4, 0.5) is 22.7 Å². The topological polar surface area (TPSA) is 20.6 Å². The molecule has 6 aromatic rings. The van der Waals surface area contributed by atoms with Crippen molar-refractivity contribution in [3.05, 3.63) is 140 Å². The fraction of sp³-hybridized carbons (Fsp3) is 0. The van der Waals surface area contributed by atoms with Crippen LogP contribution in [-0.2, 0) is 22.4 Å². The van der Waals surface area contributed by atoms with Crippen LogP contribution in [0.2, 0.25) is 0 Å². The van der Waals surface area contributed by atoms with Gasteiger partial charge >= 0.3 is 0 Å². The molecule has 35 heavy (non-hydrogen) atoms. The molecule has 0 aliphatic carbocycles. The SMILES string of the molecule is [Au].c1ccc(N2[CH-]N(c3ccccc3)c3ccccc32)cc1.c1ccc2c(c1)[n-]c1ccccc12. The van der Waals surface area contributed by atoms with E-state index in [2.05, 4.69) is 131 Å². The molecule has 0 fully saturated rings. The molecule has 1 aliphatic heterocycles. The maximum absolute atomic E-state index is 4.52. The first-order valence-electron chi connectivity index (χ1n) is 11.4. The molecule has 0 unspecified atom stereocenters. The molecule has 0 amide bonds. The van der Waals surface area contributed by atoms with E-state index in [0.29, 0.717) is 0 Å². The van der Waals surface area contributed by atoms with E-state index in [0.717, 1.165) is 11.0 Å². The van der Waals surface area contributed by atoms with E-state index >= 15 is 0 Å². The molecule has 7 rings (SSSR count). The first kappa shape index (κ1) is 23.0. The van der Waals surface area contributed by atoms with Crippen molar-refractivity contribution < 1.29 is 22.4 Å². The second-order valence-corrected chi connectivity index (χ2v) is 8.16. The van der Waals surface area contributed by atoms with Crippen LogP contribution in [0.5, 0.6) is 0 Å². The standard InChI is InChI=1S/C19H15N2.C12H8N.Au/c1-3-9-16(10-4-1)20-15-21(17-11-5-2-6-12-17)19-14-8-7-13-18(19)20;1-3-7-11-9(5-1)10-6-2-4-8-12(10)13-11;/h1-15H;1-8H;/q2*-1;. The predicted octanol–water partition coefficient (Wildman–Crippen LogP) is 8.04. The van der Waals surface area contributed by atoms with Crippen molar-refractivity contribution in [3.8, 4) is 0 Å². The summed E-state index contributed by atoms with van der Waals surface area (Å²) in [5.74, 6) is 0. The van der Waals surface area contributed by atoms with Crippen LogP contribution in [-0.4, -0.2) is 0 Å². The van der Waals surface area contributed by atoms with Gasteiger partial charge in [0.05, 0.1) is 0 Å². The normalized spacial score (nSPS) is 12.1. The van der Waals surface area contributed by atoms with Gasteiger partial charge in [-0.15, -0.1) is 17.7 Å². The number of hydrogen-bond donors (Lipinski definition) is 0. The van der Waals surface area contributed by atoms with E-state index in [-0.39, 0.29) is 22.4 Å². The number of anilines is 4. The molecule has 2 heterocycles. The minimum absolute atomic E-state index is 0. The van der Waals surface area contributed by atoms with Gasteiger partial charge in [0, 0.05) is 45.1 Å². The smallest absolute Gasteiger partial charge is 0.0345 e. The average Bonchev–Trinajstić information content (AvgIpc) is 3.49. The number of para-hydroxylation sites is 6. The van der Waals surface area contributed by atoms with Crippen molar-refractivity contribution >= 4 is 44.6 Å². The fourth-order valence-electron chi connectivity index (χ4n) is 4.43. The van der Waals surface area contributed by atoms with Crippen LogP contribution < -0.4 is 14.8 Å². The van der Waals surface area contributed by atoms with Gasteiger partial charge in [-0.25, -0.2) is 0 Å². The molecule has 175 valence electrons. The Balaban J connectivity index is 0.000000156. The van der Waals surface area contributed by atoms with Gasteiger partial charge in [-0.05, 0) is 47.2 Å². The van der Waals surface area contributed by atoms with Crippen LogP contribution in [0.15, 0.2) is 133 Å². The van der Waals surface area contributed by atoms with Gasteiger partial charge in [0.1, 0.15) is 0 Å². The molecular formula is C31H23AuN3-2. The van der Waals surface area contributed by atoms with E-state index in [9.17, 15) is 0 Å². The van der Waals surface area contributed by atoms with Gasteiger partial charge < -0.3 is 14.8 Å². The zero-order valence-corrected chi connectivity index (χ0v) is 21.1. The number of benzene rings is 5. The molecule has 0 bridgehead atoms. The van der Waals surface area contributed by atoms with Crippen molar-refractivity contribution in [3.63, 3.8) is 0 Å². The molecule has 5 aromatic carbocycles. The fourth-order valence-corrected chi connectivity index (χ4v) is 4.43. The van der Waals surface area contributed by atoms with Crippen LogP contribution in [0.1, 0.15) is 0 Å². The monoisotopic (exact) mass is 634 g/mol. The Morgan fingerprint density at radius 3 is 1.26 bits per heavy atom. The van der Waals surface area contributed by atoms with Gasteiger partial charge in [-0.1, -0.05) is 97.1 Å². The van der Waals surface area contributed by atoms with E-state index in [1.807, 2.05) is 24.3 Å². The zero-order valence-electron chi connectivity index (χ0n) is 18.9. The third-order valence-corrected chi connectivity index (χ3v) is 6.04. The van der Waals surface area contributed by atoms with E-state index in [4.69, 9.17) is 0 Å². The maximum atomic E-state index is 4.52. The molecule has 1 aromatic heterocycles. The maximum Gasteiger partial charge on any atom is 0.0345 e. The van der Waals surface area contributed by atoms with Crippen molar-refractivity contribution in [1.29, 1.82) is 0 Å². The molecule has 1 aliphatic rings. The third-order valence-electron chi connectivity index (χ3n) is 6.04. The van der Waals surface area contributed by atoms with Gasteiger partial charge in [-0.2, -0.15) is 0 Å². The van der Waals surface area contributed by atoms with Gasteiger partial charge in [0.2, 0.25) is 0 Å². The molecule has 4 heteroatoms. The second kappa shape index (κ2) is 10.2. The molecule has 0 atom stereocenters. The van der Waals surface area contributed by atoms with Crippen molar-refractivity contribution in [2.75, 3.05) is 9.80 Å². The Kier molecular flexibility index (Phi) is 6.73.